The monoisotopic (exact) mass is 463 g/mol. The first-order chi connectivity index (χ1) is 14.4. The van der Waals surface area contributed by atoms with Crippen LogP contribution in [0.1, 0.15) is 21.8 Å². The topological polar surface area (TPSA) is 77.1 Å². The van der Waals surface area contributed by atoms with E-state index in [-0.39, 0.29) is 17.0 Å². The van der Waals surface area contributed by atoms with Crippen LogP contribution in [0.25, 0.3) is 16.8 Å². The minimum atomic E-state index is -0.468. The van der Waals surface area contributed by atoms with E-state index in [1.54, 1.807) is 23.7 Å². The number of furan rings is 1. The molecule has 0 aliphatic heterocycles. The zero-order valence-electron chi connectivity index (χ0n) is 16.3. The van der Waals surface area contributed by atoms with Gasteiger partial charge in [0.15, 0.2) is 5.76 Å². The van der Waals surface area contributed by atoms with Crippen molar-refractivity contribution in [1.29, 1.82) is 0 Å². The van der Waals surface area contributed by atoms with Crippen LogP contribution in [0.2, 0.25) is 0 Å². The fourth-order valence-electron chi connectivity index (χ4n) is 3.09. The van der Waals surface area contributed by atoms with Crippen LogP contribution in [0.4, 0.5) is 5.82 Å². The van der Waals surface area contributed by atoms with Crippen molar-refractivity contribution in [1.82, 2.24) is 9.78 Å². The molecule has 0 unspecified atom stereocenters. The Bertz CT molecular complexity index is 1260. The van der Waals surface area contributed by atoms with E-state index in [4.69, 9.17) is 4.42 Å². The molecule has 0 saturated carbocycles. The molecule has 1 N–H and O–H groups in total. The molecule has 2 heterocycles. The third-order valence-electron chi connectivity index (χ3n) is 4.64. The van der Waals surface area contributed by atoms with Gasteiger partial charge in [-0.2, -0.15) is 5.10 Å². The Morgan fingerprint density at radius 2 is 1.73 bits per heavy atom. The van der Waals surface area contributed by atoms with E-state index < -0.39 is 5.91 Å². The number of aromatic nitrogens is 2. The Labute approximate surface area is 181 Å². The number of amides is 1. The first-order valence-electron chi connectivity index (χ1n) is 9.26. The summed E-state index contributed by atoms with van der Waals surface area (Å²) >= 11 is 3.43. The number of rotatable bonds is 4. The summed E-state index contributed by atoms with van der Waals surface area (Å²) in [6.07, 6.45) is 1.42. The van der Waals surface area contributed by atoms with Crippen molar-refractivity contribution >= 4 is 27.7 Å². The van der Waals surface area contributed by atoms with Gasteiger partial charge in [0.05, 0.1) is 17.5 Å². The molecule has 4 rings (SSSR count). The minimum absolute atomic E-state index is 0.139. The molecule has 2 aromatic carbocycles. The van der Waals surface area contributed by atoms with Crippen LogP contribution in [-0.2, 0) is 0 Å². The van der Waals surface area contributed by atoms with Gasteiger partial charge in [-0.05, 0) is 55.8 Å². The molecule has 7 heteroatoms. The van der Waals surface area contributed by atoms with Gasteiger partial charge in [0.2, 0.25) is 5.43 Å². The lowest BCUT2D eigenvalue weighted by Crippen LogP contribution is -2.24. The van der Waals surface area contributed by atoms with Crippen molar-refractivity contribution in [3.8, 4) is 16.8 Å². The summed E-state index contributed by atoms with van der Waals surface area (Å²) in [6.45, 7) is 3.63. The highest BCUT2D eigenvalue weighted by atomic mass is 79.9. The number of aryl methyl sites for hydroxylation is 2. The van der Waals surface area contributed by atoms with E-state index in [0.717, 1.165) is 10.0 Å². The second-order valence-electron chi connectivity index (χ2n) is 6.82. The summed E-state index contributed by atoms with van der Waals surface area (Å²) < 4.78 is 7.69. The lowest BCUT2D eigenvalue weighted by Gasteiger charge is -2.18. The maximum atomic E-state index is 13.1. The van der Waals surface area contributed by atoms with Crippen LogP contribution < -0.4 is 10.7 Å². The maximum Gasteiger partial charge on any atom is 0.292 e. The third kappa shape index (κ3) is 3.84. The number of hydrogen-bond acceptors (Lipinski definition) is 4. The lowest BCUT2D eigenvalue weighted by molar-refractivity contribution is 0.0996. The van der Waals surface area contributed by atoms with Gasteiger partial charge < -0.3 is 9.73 Å². The number of halogens is 1. The molecule has 0 aliphatic rings. The molecule has 0 spiro atoms. The molecular formula is C23H18BrN3O3. The van der Waals surface area contributed by atoms with Gasteiger partial charge in [0.25, 0.3) is 5.91 Å². The molecule has 0 radical (unpaired) electrons. The van der Waals surface area contributed by atoms with Crippen LogP contribution in [0.5, 0.6) is 0 Å². The average Bonchev–Trinajstić information content (AvgIpc) is 3.28. The quantitative estimate of drug-likeness (QED) is 0.455. The lowest BCUT2D eigenvalue weighted by atomic mass is 10.0. The van der Waals surface area contributed by atoms with Gasteiger partial charge in [0, 0.05) is 4.47 Å². The molecule has 0 fully saturated rings. The highest BCUT2D eigenvalue weighted by molar-refractivity contribution is 9.10. The number of carbonyl (C=O) groups excluding carboxylic acids is 1. The van der Waals surface area contributed by atoms with Gasteiger partial charge in [-0.25, -0.2) is 4.68 Å². The van der Waals surface area contributed by atoms with Crippen LogP contribution in [0, 0.1) is 13.8 Å². The molecule has 6 nitrogen and oxygen atoms in total. The van der Waals surface area contributed by atoms with Crippen molar-refractivity contribution in [2.24, 2.45) is 0 Å². The predicted octanol–water partition coefficient (Wildman–Crippen LogP) is 5.12. The summed E-state index contributed by atoms with van der Waals surface area (Å²) in [4.78, 5) is 25.9. The maximum absolute atomic E-state index is 13.1. The van der Waals surface area contributed by atoms with E-state index in [9.17, 15) is 9.59 Å². The molecule has 0 saturated heterocycles. The Hall–Kier alpha value is -3.45. The molecular weight excluding hydrogens is 446 g/mol. The van der Waals surface area contributed by atoms with Crippen molar-refractivity contribution in [2.45, 2.75) is 13.8 Å². The van der Waals surface area contributed by atoms with Gasteiger partial charge in [-0.1, -0.05) is 45.8 Å². The van der Waals surface area contributed by atoms with Crippen molar-refractivity contribution in [2.75, 3.05) is 5.32 Å². The predicted molar refractivity (Wildman–Crippen MR) is 119 cm³/mol. The largest absolute Gasteiger partial charge is 0.459 e. The summed E-state index contributed by atoms with van der Waals surface area (Å²) in [5.41, 5.74) is 2.90. The number of carbonyl (C=O) groups is 1. The zero-order chi connectivity index (χ0) is 21.3. The summed E-state index contributed by atoms with van der Waals surface area (Å²) in [5, 5.41) is 7.29. The van der Waals surface area contributed by atoms with E-state index in [2.05, 4.69) is 26.3 Å². The number of hydrogen-bond donors (Lipinski definition) is 1. The first kappa shape index (κ1) is 19.8. The minimum Gasteiger partial charge on any atom is -0.459 e. The Morgan fingerprint density at radius 3 is 2.37 bits per heavy atom. The van der Waals surface area contributed by atoms with Crippen molar-refractivity contribution < 1.29 is 9.21 Å². The van der Waals surface area contributed by atoms with Crippen molar-refractivity contribution in [3.05, 3.63) is 98.6 Å². The highest BCUT2D eigenvalue weighted by Gasteiger charge is 2.21. The Balaban J connectivity index is 1.97. The van der Waals surface area contributed by atoms with Crippen molar-refractivity contribution in [3.63, 3.8) is 0 Å². The van der Waals surface area contributed by atoms with Crippen LogP contribution in [-0.4, -0.2) is 15.7 Å². The number of benzene rings is 2. The summed E-state index contributed by atoms with van der Waals surface area (Å²) in [5.74, 6) is -0.0531. The first-order valence-corrected chi connectivity index (χ1v) is 10.0. The normalized spacial score (nSPS) is 10.8. The standard InChI is InChI=1S/C23H18BrN3O3/c1-14-5-7-16(8-6-14)20-21(28)15(2)26-27(18-11-9-17(24)10-12-18)22(20)25-23(29)19-4-3-13-30-19/h3-13H,1-2H3,(H,25,29). The van der Waals surface area contributed by atoms with Crippen LogP contribution in [0.3, 0.4) is 0 Å². The van der Waals surface area contributed by atoms with Crippen LogP contribution >= 0.6 is 15.9 Å². The smallest absolute Gasteiger partial charge is 0.292 e. The molecule has 1 amide bonds. The van der Waals surface area contributed by atoms with E-state index in [1.165, 1.54) is 6.26 Å². The van der Waals surface area contributed by atoms with Gasteiger partial charge >= 0.3 is 0 Å². The number of nitrogens with one attached hydrogen (secondary N) is 1. The zero-order valence-corrected chi connectivity index (χ0v) is 17.9. The van der Waals surface area contributed by atoms with E-state index >= 15 is 0 Å². The van der Waals surface area contributed by atoms with Gasteiger partial charge in [-0.3, -0.25) is 9.59 Å². The highest BCUT2D eigenvalue weighted by Crippen LogP contribution is 2.28. The molecule has 4 aromatic rings. The molecule has 30 heavy (non-hydrogen) atoms. The van der Waals surface area contributed by atoms with E-state index in [0.29, 0.717) is 22.5 Å². The molecule has 0 aliphatic carbocycles. The van der Waals surface area contributed by atoms with Crippen LogP contribution in [0.15, 0.2) is 80.6 Å². The number of nitrogens with zero attached hydrogens (tertiary/aromatic N) is 2. The summed E-state index contributed by atoms with van der Waals surface area (Å²) in [7, 11) is 0. The van der Waals surface area contributed by atoms with E-state index in [1.807, 2.05) is 55.5 Å². The molecule has 150 valence electrons. The SMILES string of the molecule is Cc1ccc(-c2c(NC(=O)c3ccco3)n(-c3ccc(Br)cc3)nc(C)c2=O)cc1. The summed E-state index contributed by atoms with van der Waals surface area (Å²) in [6, 6.07) is 18.2. The average molecular weight is 464 g/mol. The number of anilines is 1. The fraction of sp³-hybridized carbons (Fsp3) is 0.0870. The second kappa shape index (κ2) is 8.12. The Morgan fingerprint density at radius 1 is 1.03 bits per heavy atom. The fourth-order valence-corrected chi connectivity index (χ4v) is 3.35. The molecule has 2 aromatic heterocycles. The molecule has 0 atom stereocenters. The van der Waals surface area contributed by atoms with Gasteiger partial charge in [0.1, 0.15) is 11.5 Å². The second-order valence-corrected chi connectivity index (χ2v) is 7.74. The third-order valence-corrected chi connectivity index (χ3v) is 5.17. The Kier molecular flexibility index (Phi) is 5.37. The van der Waals surface area contributed by atoms with Gasteiger partial charge in [-0.15, -0.1) is 0 Å². The molecule has 0 bridgehead atoms.